The minimum atomic E-state index is -3.82. The Kier molecular flexibility index (Phi) is 5.06. The van der Waals surface area contributed by atoms with Crippen LogP contribution >= 0.6 is 0 Å². The van der Waals surface area contributed by atoms with E-state index in [-0.39, 0.29) is 23.2 Å². The molecule has 2 aromatic rings. The number of hydrogen-bond donors (Lipinski definition) is 1. The van der Waals surface area contributed by atoms with Crippen LogP contribution in [0.5, 0.6) is 0 Å². The molecule has 0 unspecified atom stereocenters. The number of Topliss-reactive ketones (excluding diaryl/α,β-unsaturated/α-hetero) is 1. The smallest absolute Gasteiger partial charge is 0.261 e. The molecule has 136 valence electrons. The van der Waals surface area contributed by atoms with E-state index < -0.39 is 10.0 Å². The number of anilines is 2. The van der Waals surface area contributed by atoms with E-state index in [2.05, 4.69) is 4.72 Å². The third-order valence-electron chi connectivity index (χ3n) is 3.97. The summed E-state index contributed by atoms with van der Waals surface area (Å²) < 4.78 is 32.6. The van der Waals surface area contributed by atoms with Crippen molar-refractivity contribution >= 4 is 33.1 Å². The predicted molar refractivity (Wildman–Crippen MR) is 96.9 cm³/mol. The molecule has 0 saturated carbocycles. The zero-order chi connectivity index (χ0) is 18.7. The standard InChI is InChI=1S/C18H18N2O5S/c1-13(21)14-3-2-4-17(11-14)26(23,24)19-15-5-7-16(8-6-15)20-9-10-25-12-18(20)22/h2-8,11,19H,9-10,12H2,1H3. The summed E-state index contributed by atoms with van der Waals surface area (Å²) in [7, 11) is -3.82. The molecular formula is C18H18N2O5S. The minimum Gasteiger partial charge on any atom is -0.370 e. The molecule has 3 rings (SSSR count). The summed E-state index contributed by atoms with van der Waals surface area (Å²) in [6.07, 6.45) is 0. The molecule has 1 heterocycles. The Morgan fingerprint density at radius 3 is 2.54 bits per heavy atom. The van der Waals surface area contributed by atoms with Crippen molar-refractivity contribution in [3.05, 3.63) is 54.1 Å². The van der Waals surface area contributed by atoms with Gasteiger partial charge in [0.2, 0.25) is 0 Å². The van der Waals surface area contributed by atoms with E-state index in [0.717, 1.165) is 0 Å². The Labute approximate surface area is 151 Å². The highest BCUT2D eigenvalue weighted by atomic mass is 32.2. The van der Waals surface area contributed by atoms with E-state index in [1.165, 1.54) is 25.1 Å². The lowest BCUT2D eigenvalue weighted by atomic mass is 10.2. The first-order chi connectivity index (χ1) is 12.4. The minimum absolute atomic E-state index is 0.0117. The van der Waals surface area contributed by atoms with Crippen molar-refractivity contribution in [3.8, 4) is 0 Å². The number of carbonyl (C=O) groups is 2. The van der Waals surface area contributed by atoms with E-state index in [4.69, 9.17) is 4.74 Å². The Morgan fingerprint density at radius 1 is 1.15 bits per heavy atom. The first-order valence-corrected chi connectivity index (χ1v) is 9.47. The quantitative estimate of drug-likeness (QED) is 0.809. The van der Waals surface area contributed by atoms with Crippen LogP contribution in [-0.4, -0.2) is 39.9 Å². The first-order valence-electron chi connectivity index (χ1n) is 7.99. The number of ketones is 1. The molecular weight excluding hydrogens is 356 g/mol. The SMILES string of the molecule is CC(=O)c1cccc(S(=O)(=O)Nc2ccc(N3CCOCC3=O)cc2)c1. The molecule has 2 aromatic carbocycles. The lowest BCUT2D eigenvalue weighted by Gasteiger charge is -2.26. The highest BCUT2D eigenvalue weighted by molar-refractivity contribution is 7.92. The fourth-order valence-electron chi connectivity index (χ4n) is 2.60. The van der Waals surface area contributed by atoms with Crippen molar-refractivity contribution in [2.24, 2.45) is 0 Å². The number of sulfonamides is 1. The molecule has 0 aromatic heterocycles. The normalized spacial score (nSPS) is 15.0. The Balaban J connectivity index is 1.79. The lowest BCUT2D eigenvalue weighted by Crippen LogP contribution is -2.41. The third-order valence-corrected chi connectivity index (χ3v) is 5.35. The zero-order valence-electron chi connectivity index (χ0n) is 14.1. The second kappa shape index (κ2) is 7.27. The number of ether oxygens (including phenoxy) is 1. The molecule has 1 fully saturated rings. The van der Waals surface area contributed by atoms with E-state index in [9.17, 15) is 18.0 Å². The number of hydrogen-bond acceptors (Lipinski definition) is 5. The largest absolute Gasteiger partial charge is 0.370 e. The lowest BCUT2D eigenvalue weighted by molar-refractivity contribution is -0.125. The monoisotopic (exact) mass is 374 g/mol. The predicted octanol–water partition coefficient (Wildman–Crippen LogP) is 2.05. The number of morpholine rings is 1. The summed E-state index contributed by atoms with van der Waals surface area (Å²) in [6.45, 7) is 2.35. The van der Waals surface area contributed by atoms with Crippen LogP contribution in [0.4, 0.5) is 11.4 Å². The second-order valence-corrected chi connectivity index (χ2v) is 7.52. The van der Waals surface area contributed by atoms with Crippen molar-refractivity contribution in [1.82, 2.24) is 0 Å². The summed E-state index contributed by atoms with van der Waals surface area (Å²) in [5.74, 6) is -0.341. The van der Waals surface area contributed by atoms with E-state index in [0.29, 0.717) is 30.1 Å². The van der Waals surface area contributed by atoms with Gasteiger partial charge in [0.1, 0.15) is 6.61 Å². The summed E-state index contributed by atoms with van der Waals surface area (Å²) in [5, 5.41) is 0. The molecule has 1 saturated heterocycles. The molecule has 0 radical (unpaired) electrons. The summed E-state index contributed by atoms with van der Waals surface area (Å²) >= 11 is 0. The fourth-order valence-corrected chi connectivity index (χ4v) is 3.70. The van der Waals surface area contributed by atoms with E-state index >= 15 is 0 Å². The maximum atomic E-state index is 12.5. The van der Waals surface area contributed by atoms with E-state index in [1.807, 2.05) is 0 Å². The van der Waals surface area contributed by atoms with Gasteiger partial charge in [-0.15, -0.1) is 0 Å². The molecule has 0 aliphatic carbocycles. The molecule has 0 atom stereocenters. The third kappa shape index (κ3) is 3.92. The number of carbonyl (C=O) groups excluding carboxylic acids is 2. The van der Waals surface area contributed by atoms with Gasteiger partial charge in [0, 0.05) is 23.5 Å². The number of amides is 1. The first kappa shape index (κ1) is 18.1. The summed E-state index contributed by atoms with van der Waals surface area (Å²) in [6, 6.07) is 12.4. The maximum Gasteiger partial charge on any atom is 0.261 e. The highest BCUT2D eigenvalue weighted by Crippen LogP contribution is 2.22. The number of nitrogens with zero attached hydrogens (tertiary/aromatic N) is 1. The van der Waals surface area contributed by atoms with Gasteiger partial charge in [-0.1, -0.05) is 12.1 Å². The summed E-state index contributed by atoms with van der Waals surface area (Å²) in [5.41, 5.74) is 1.37. The average Bonchev–Trinajstić information content (AvgIpc) is 2.63. The van der Waals surface area contributed by atoms with Crippen LogP contribution in [0.3, 0.4) is 0 Å². The van der Waals surface area contributed by atoms with Crippen LogP contribution in [0, 0.1) is 0 Å². The fraction of sp³-hybridized carbons (Fsp3) is 0.222. The zero-order valence-corrected chi connectivity index (χ0v) is 15.0. The molecule has 1 aliphatic rings. The van der Waals surface area contributed by atoms with Crippen LogP contribution in [0.25, 0.3) is 0 Å². The van der Waals surface area contributed by atoms with Crippen LogP contribution in [0.15, 0.2) is 53.4 Å². The van der Waals surface area contributed by atoms with Gasteiger partial charge in [-0.05, 0) is 43.3 Å². The van der Waals surface area contributed by atoms with Crippen LogP contribution in [-0.2, 0) is 19.6 Å². The van der Waals surface area contributed by atoms with Crippen LogP contribution < -0.4 is 9.62 Å². The van der Waals surface area contributed by atoms with Crippen molar-refractivity contribution in [3.63, 3.8) is 0 Å². The molecule has 8 heteroatoms. The molecule has 7 nitrogen and oxygen atoms in total. The van der Waals surface area contributed by atoms with Gasteiger partial charge in [0.15, 0.2) is 5.78 Å². The van der Waals surface area contributed by atoms with E-state index in [1.54, 1.807) is 35.2 Å². The van der Waals surface area contributed by atoms with Crippen LogP contribution in [0.1, 0.15) is 17.3 Å². The Morgan fingerprint density at radius 2 is 1.88 bits per heavy atom. The van der Waals surface area contributed by atoms with Crippen LogP contribution in [0.2, 0.25) is 0 Å². The highest BCUT2D eigenvalue weighted by Gasteiger charge is 2.20. The van der Waals surface area contributed by atoms with Crippen molar-refractivity contribution in [2.45, 2.75) is 11.8 Å². The van der Waals surface area contributed by atoms with Gasteiger partial charge in [0.05, 0.1) is 11.5 Å². The number of nitrogens with one attached hydrogen (secondary N) is 1. The van der Waals surface area contributed by atoms with Gasteiger partial charge >= 0.3 is 0 Å². The molecule has 1 amide bonds. The number of rotatable bonds is 5. The second-order valence-electron chi connectivity index (χ2n) is 5.83. The molecule has 1 N–H and O–H groups in total. The van der Waals surface area contributed by atoms with Gasteiger partial charge < -0.3 is 9.64 Å². The van der Waals surface area contributed by atoms with Gasteiger partial charge in [0.25, 0.3) is 15.9 Å². The molecule has 26 heavy (non-hydrogen) atoms. The van der Waals surface area contributed by atoms with Crippen molar-refractivity contribution in [2.75, 3.05) is 29.4 Å². The van der Waals surface area contributed by atoms with Gasteiger partial charge in [-0.2, -0.15) is 0 Å². The maximum absolute atomic E-state index is 12.5. The summed E-state index contributed by atoms with van der Waals surface area (Å²) in [4.78, 5) is 24.9. The Hall–Kier alpha value is -2.71. The molecule has 0 spiro atoms. The topological polar surface area (TPSA) is 92.8 Å². The van der Waals surface area contributed by atoms with Crippen molar-refractivity contribution < 1.29 is 22.7 Å². The van der Waals surface area contributed by atoms with Crippen molar-refractivity contribution in [1.29, 1.82) is 0 Å². The Bertz CT molecular complexity index is 938. The molecule has 0 bridgehead atoms. The number of benzene rings is 2. The van der Waals surface area contributed by atoms with Gasteiger partial charge in [-0.25, -0.2) is 8.42 Å². The average molecular weight is 374 g/mol. The molecule has 1 aliphatic heterocycles. The van der Waals surface area contributed by atoms with Gasteiger partial charge in [-0.3, -0.25) is 14.3 Å².